The van der Waals surface area contributed by atoms with Crippen LogP contribution in [0.15, 0.2) is 45.5 Å². The van der Waals surface area contributed by atoms with E-state index in [1.54, 1.807) is 0 Å². The van der Waals surface area contributed by atoms with E-state index in [0.717, 1.165) is 14.8 Å². The van der Waals surface area contributed by atoms with Crippen LogP contribution in [0.2, 0.25) is 0 Å². The molecular formula is C14H14Br2N2. The molecule has 1 N–H and O–H groups in total. The third-order valence-electron chi connectivity index (χ3n) is 2.81. The SMILES string of the molecule is Cc1ccnc(NC(C)c2ccc(Br)cc2)c1Br. The molecule has 0 spiro atoms. The fourth-order valence-corrected chi connectivity index (χ4v) is 2.29. The lowest BCUT2D eigenvalue weighted by atomic mass is 10.1. The quantitative estimate of drug-likeness (QED) is 0.815. The third kappa shape index (κ3) is 3.12. The van der Waals surface area contributed by atoms with Crippen LogP contribution in [-0.4, -0.2) is 4.98 Å². The molecule has 1 aromatic carbocycles. The maximum absolute atomic E-state index is 4.35. The molecule has 94 valence electrons. The van der Waals surface area contributed by atoms with Crippen molar-refractivity contribution >= 4 is 37.7 Å². The summed E-state index contributed by atoms with van der Waals surface area (Å²) in [6, 6.07) is 10.5. The average Bonchev–Trinajstić information content (AvgIpc) is 2.36. The van der Waals surface area contributed by atoms with Gasteiger partial charge in [-0.05, 0) is 59.1 Å². The van der Waals surface area contributed by atoms with Gasteiger partial charge in [-0.2, -0.15) is 0 Å². The summed E-state index contributed by atoms with van der Waals surface area (Å²) in [5.41, 5.74) is 2.41. The van der Waals surface area contributed by atoms with Crippen LogP contribution >= 0.6 is 31.9 Å². The summed E-state index contributed by atoms with van der Waals surface area (Å²) < 4.78 is 2.11. The highest BCUT2D eigenvalue weighted by Crippen LogP contribution is 2.27. The van der Waals surface area contributed by atoms with E-state index in [0.29, 0.717) is 0 Å². The number of pyridine rings is 1. The number of nitrogens with one attached hydrogen (secondary N) is 1. The van der Waals surface area contributed by atoms with Gasteiger partial charge in [-0.1, -0.05) is 28.1 Å². The molecule has 2 nitrogen and oxygen atoms in total. The van der Waals surface area contributed by atoms with Crippen molar-refractivity contribution in [2.24, 2.45) is 0 Å². The molecule has 2 rings (SSSR count). The Morgan fingerprint density at radius 1 is 1.11 bits per heavy atom. The highest BCUT2D eigenvalue weighted by molar-refractivity contribution is 9.11. The molecule has 0 radical (unpaired) electrons. The van der Waals surface area contributed by atoms with E-state index in [1.807, 2.05) is 24.4 Å². The zero-order chi connectivity index (χ0) is 13.1. The van der Waals surface area contributed by atoms with Gasteiger partial charge in [0.2, 0.25) is 0 Å². The molecule has 2 aromatic rings. The molecule has 0 aliphatic heterocycles. The molecule has 0 bridgehead atoms. The predicted molar refractivity (Wildman–Crippen MR) is 82.9 cm³/mol. The Kier molecular flexibility index (Phi) is 4.40. The maximum Gasteiger partial charge on any atom is 0.141 e. The second-order valence-electron chi connectivity index (χ2n) is 4.21. The molecule has 1 aromatic heterocycles. The first-order chi connectivity index (χ1) is 8.58. The van der Waals surface area contributed by atoms with E-state index in [-0.39, 0.29) is 6.04 Å². The number of halogens is 2. The van der Waals surface area contributed by atoms with Gasteiger partial charge in [-0.25, -0.2) is 4.98 Å². The van der Waals surface area contributed by atoms with Gasteiger partial charge >= 0.3 is 0 Å². The van der Waals surface area contributed by atoms with E-state index >= 15 is 0 Å². The first kappa shape index (κ1) is 13.6. The summed E-state index contributed by atoms with van der Waals surface area (Å²) in [5.74, 6) is 0.880. The van der Waals surface area contributed by atoms with Gasteiger partial charge in [-0.15, -0.1) is 0 Å². The predicted octanol–water partition coefficient (Wildman–Crippen LogP) is 5.09. The molecular weight excluding hydrogens is 356 g/mol. The van der Waals surface area contributed by atoms with Crippen molar-refractivity contribution < 1.29 is 0 Å². The minimum Gasteiger partial charge on any atom is -0.363 e. The first-order valence-corrected chi connectivity index (χ1v) is 7.29. The van der Waals surface area contributed by atoms with Crippen LogP contribution in [-0.2, 0) is 0 Å². The Bertz CT molecular complexity index is 538. The van der Waals surface area contributed by atoms with Crippen LogP contribution in [0.1, 0.15) is 24.1 Å². The van der Waals surface area contributed by atoms with Crippen molar-refractivity contribution in [1.82, 2.24) is 4.98 Å². The third-order valence-corrected chi connectivity index (χ3v) is 4.34. The average molecular weight is 370 g/mol. The monoisotopic (exact) mass is 368 g/mol. The normalized spacial score (nSPS) is 12.2. The summed E-state index contributed by atoms with van der Waals surface area (Å²) in [6.07, 6.45) is 1.82. The molecule has 1 atom stereocenters. The van der Waals surface area contributed by atoms with Gasteiger partial charge in [0.1, 0.15) is 5.82 Å². The van der Waals surface area contributed by atoms with Crippen LogP contribution < -0.4 is 5.32 Å². The number of benzene rings is 1. The summed E-state index contributed by atoms with van der Waals surface area (Å²) in [4.78, 5) is 4.35. The lowest BCUT2D eigenvalue weighted by Crippen LogP contribution is -2.08. The number of hydrogen-bond acceptors (Lipinski definition) is 2. The van der Waals surface area contributed by atoms with E-state index < -0.39 is 0 Å². The van der Waals surface area contributed by atoms with Gasteiger partial charge in [-0.3, -0.25) is 0 Å². The van der Waals surface area contributed by atoms with Gasteiger partial charge in [0.25, 0.3) is 0 Å². The second-order valence-corrected chi connectivity index (χ2v) is 5.92. The van der Waals surface area contributed by atoms with Crippen molar-refractivity contribution in [1.29, 1.82) is 0 Å². The van der Waals surface area contributed by atoms with Crippen LogP contribution in [0.5, 0.6) is 0 Å². The van der Waals surface area contributed by atoms with Crippen molar-refractivity contribution in [3.63, 3.8) is 0 Å². The summed E-state index contributed by atoms with van der Waals surface area (Å²) in [5, 5.41) is 3.41. The lowest BCUT2D eigenvalue weighted by Gasteiger charge is -2.16. The Labute approximate surface area is 124 Å². The van der Waals surface area contributed by atoms with E-state index in [4.69, 9.17) is 0 Å². The zero-order valence-electron chi connectivity index (χ0n) is 10.2. The summed E-state index contributed by atoms with van der Waals surface area (Å²) in [7, 11) is 0. The Balaban J connectivity index is 2.18. The topological polar surface area (TPSA) is 24.9 Å². The number of aromatic nitrogens is 1. The van der Waals surface area contributed by atoms with Gasteiger partial charge in [0.05, 0.1) is 4.47 Å². The smallest absolute Gasteiger partial charge is 0.141 e. The molecule has 1 heterocycles. The molecule has 0 aliphatic carbocycles. The Morgan fingerprint density at radius 2 is 1.78 bits per heavy atom. The number of rotatable bonds is 3. The molecule has 0 aliphatic rings. The van der Waals surface area contributed by atoms with Crippen molar-refractivity contribution in [3.8, 4) is 0 Å². The lowest BCUT2D eigenvalue weighted by molar-refractivity contribution is 0.872. The molecule has 0 saturated carbocycles. The Morgan fingerprint density at radius 3 is 2.44 bits per heavy atom. The number of anilines is 1. The van der Waals surface area contributed by atoms with Crippen LogP contribution in [0.3, 0.4) is 0 Å². The molecule has 0 saturated heterocycles. The minimum atomic E-state index is 0.212. The fraction of sp³-hybridized carbons (Fsp3) is 0.214. The van der Waals surface area contributed by atoms with Gasteiger partial charge in [0.15, 0.2) is 0 Å². The van der Waals surface area contributed by atoms with Crippen LogP contribution in [0.25, 0.3) is 0 Å². The molecule has 4 heteroatoms. The number of aryl methyl sites for hydroxylation is 1. The largest absolute Gasteiger partial charge is 0.363 e. The maximum atomic E-state index is 4.35. The van der Waals surface area contributed by atoms with Crippen LogP contribution in [0.4, 0.5) is 5.82 Å². The summed E-state index contributed by atoms with van der Waals surface area (Å²) >= 11 is 7.00. The first-order valence-electron chi connectivity index (χ1n) is 5.71. The fourth-order valence-electron chi connectivity index (χ4n) is 1.68. The molecule has 18 heavy (non-hydrogen) atoms. The van der Waals surface area contributed by atoms with Crippen molar-refractivity contribution in [2.45, 2.75) is 19.9 Å². The zero-order valence-corrected chi connectivity index (χ0v) is 13.4. The molecule has 0 fully saturated rings. The number of nitrogens with zero attached hydrogens (tertiary/aromatic N) is 1. The van der Waals surface area contributed by atoms with E-state index in [9.17, 15) is 0 Å². The molecule has 1 unspecified atom stereocenters. The van der Waals surface area contributed by atoms with Gasteiger partial charge < -0.3 is 5.32 Å². The van der Waals surface area contributed by atoms with Crippen molar-refractivity contribution in [3.05, 3.63) is 56.6 Å². The van der Waals surface area contributed by atoms with E-state index in [1.165, 1.54) is 11.1 Å². The number of hydrogen-bond donors (Lipinski definition) is 1. The van der Waals surface area contributed by atoms with Gasteiger partial charge in [0, 0.05) is 16.7 Å². The van der Waals surface area contributed by atoms with E-state index in [2.05, 4.69) is 68.1 Å². The van der Waals surface area contributed by atoms with Crippen molar-refractivity contribution in [2.75, 3.05) is 5.32 Å². The second kappa shape index (κ2) is 5.85. The highest BCUT2D eigenvalue weighted by atomic mass is 79.9. The Hall–Kier alpha value is -0.870. The summed E-state index contributed by atoms with van der Waals surface area (Å²) in [6.45, 7) is 4.18. The standard InChI is InChI=1S/C14H14Br2N2/c1-9-7-8-17-14(13(9)16)18-10(2)11-3-5-12(15)6-4-11/h3-8,10H,1-2H3,(H,17,18). The minimum absolute atomic E-state index is 0.212. The highest BCUT2D eigenvalue weighted by Gasteiger charge is 2.09. The molecule has 0 amide bonds. The van der Waals surface area contributed by atoms with Crippen LogP contribution in [0, 0.1) is 6.92 Å².